The first-order valence-corrected chi connectivity index (χ1v) is 6.97. The molecule has 1 atom stereocenters. The van der Waals surface area contributed by atoms with Gasteiger partial charge in [-0.3, -0.25) is 4.99 Å². The second kappa shape index (κ2) is 7.85. The van der Waals surface area contributed by atoms with E-state index in [2.05, 4.69) is 10.3 Å². The van der Waals surface area contributed by atoms with E-state index in [1.165, 1.54) is 6.92 Å². The first kappa shape index (κ1) is 19.2. The van der Waals surface area contributed by atoms with Crippen molar-refractivity contribution in [1.29, 1.82) is 0 Å². The van der Waals surface area contributed by atoms with Gasteiger partial charge in [0.1, 0.15) is 11.1 Å². The Hall–Kier alpha value is -1.79. The Kier molecular flexibility index (Phi) is 7.18. The number of rotatable bonds is 7. The number of carbonyl (C=O) groups is 2. The molecule has 7 nitrogen and oxygen atoms in total. The quantitative estimate of drug-likeness (QED) is 0.377. The molecule has 1 amide bonds. The molecule has 122 valence electrons. The Morgan fingerprint density at radius 2 is 1.81 bits per heavy atom. The van der Waals surface area contributed by atoms with Crippen LogP contribution in [0.3, 0.4) is 0 Å². The molecular formula is C14H27N3O4. The smallest absolute Gasteiger partial charge is 0.408 e. The van der Waals surface area contributed by atoms with Crippen molar-refractivity contribution >= 4 is 17.9 Å². The number of amidine groups is 1. The van der Waals surface area contributed by atoms with Gasteiger partial charge in [0.25, 0.3) is 0 Å². The van der Waals surface area contributed by atoms with E-state index in [-0.39, 0.29) is 0 Å². The third-order valence-electron chi connectivity index (χ3n) is 2.69. The van der Waals surface area contributed by atoms with Crippen LogP contribution in [0.5, 0.6) is 0 Å². The molecule has 7 heteroatoms. The summed E-state index contributed by atoms with van der Waals surface area (Å²) in [5.41, 5.74) is 3.39. The van der Waals surface area contributed by atoms with Crippen molar-refractivity contribution in [3.63, 3.8) is 0 Å². The summed E-state index contributed by atoms with van der Waals surface area (Å²) in [5.74, 6) is -0.588. The second-order valence-corrected chi connectivity index (χ2v) is 6.24. The summed E-state index contributed by atoms with van der Waals surface area (Å²) >= 11 is 0. The summed E-state index contributed by atoms with van der Waals surface area (Å²) in [6, 6.07) is 0. The molecule has 0 heterocycles. The lowest BCUT2D eigenvalue weighted by molar-refractivity contribution is -0.144. The largest absolute Gasteiger partial charge is 0.480 e. The number of nitrogens with two attached hydrogens (primary N) is 1. The number of amides is 1. The number of nitrogens with zero attached hydrogens (tertiary/aromatic N) is 1. The van der Waals surface area contributed by atoms with Crippen LogP contribution in [0.15, 0.2) is 4.99 Å². The fraction of sp³-hybridized carbons (Fsp3) is 0.786. The van der Waals surface area contributed by atoms with E-state index in [9.17, 15) is 14.7 Å². The number of carboxylic acid groups (broad SMARTS) is 1. The molecule has 0 spiro atoms. The normalized spacial score (nSPS) is 15.2. The molecule has 0 bridgehead atoms. The zero-order valence-electron chi connectivity index (χ0n) is 13.5. The Morgan fingerprint density at radius 1 is 1.24 bits per heavy atom. The average molecular weight is 301 g/mol. The molecule has 1 unspecified atom stereocenters. The van der Waals surface area contributed by atoms with Gasteiger partial charge in [0, 0.05) is 6.54 Å². The van der Waals surface area contributed by atoms with E-state index in [4.69, 9.17) is 10.5 Å². The molecule has 0 rings (SSSR count). The van der Waals surface area contributed by atoms with Crippen LogP contribution in [0.1, 0.15) is 53.9 Å². The molecule has 0 saturated carbocycles. The number of hydrogen-bond donors (Lipinski definition) is 3. The molecule has 0 aliphatic heterocycles. The summed E-state index contributed by atoms with van der Waals surface area (Å²) in [6.45, 7) is 8.88. The number of ether oxygens (including phenoxy) is 1. The highest BCUT2D eigenvalue weighted by molar-refractivity contribution is 5.83. The van der Waals surface area contributed by atoms with E-state index in [1.54, 1.807) is 27.7 Å². The van der Waals surface area contributed by atoms with E-state index in [1.807, 2.05) is 0 Å². The zero-order valence-corrected chi connectivity index (χ0v) is 13.5. The maximum atomic E-state index is 11.7. The van der Waals surface area contributed by atoms with Gasteiger partial charge in [0.15, 0.2) is 0 Å². The number of unbranched alkanes of at least 4 members (excludes halogenated alkanes) is 1. The van der Waals surface area contributed by atoms with Crippen molar-refractivity contribution in [2.24, 2.45) is 10.7 Å². The van der Waals surface area contributed by atoms with Gasteiger partial charge in [-0.15, -0.1) is 0 Å². The highest BCUT2D eigenvalue weighted by Crippen LogP contribution is 2.16. The first-order chi connectivity index (χ1) is 9.46. The lowest BCUT2D eigenvalue weighted by Crippen LogP contribution is -2.53. The Labute approximate surface area is 125 Å². The van der Waals surface area contributed by atoms with Gasteiger partial charge < -0.3 is 20.9 Å². The maximum Gasteiger partial charge on any atom is 0.408 e. The van der Waals surface area contributed by atoms with Gasteiger partial charge in [-0.2, -0.15) is 0 Å². The lowest BCUT2D eigenvalue weighted by Gasteiger charge is -2.28. The Morgan fingerprint density at radius 3 is 2.24 bits per heavy atom. The number of nitrogens with one attached hydrogen (secondary N) is 1. The van der Waals surface area contributed by atoms with E-state index in [0.717, 1.165) is 0 Å². The summed E-state index contributed by atoms with van der Waals surface area (Å²) in [7, 11) is 0. The predicted molar refractivity (Wildman–Crippen MR) is 81.4 cm³/mol. The third kappa shape index (κ3) is 8.88. The number of carboxylic acids is 1. The topological polar surface area (TPSA) is 114 Å². The minimum Gasteiger partial charge on any atom is -0.480 e. The van der Waals surface area contributed by atoms with Gasteiger partial charge in [-0.25, -0.2) is 9.59 Å². The zero-order chi connectivity index (χ0) is 16.7. The average Bonchev–Trinajstić information content (AvgIpc) is 2.24. The molecular weight excluding hydrogens is 274 g/mol. The predicted octanol–water partition coefficient (Wildman–Crippen LogP) is 1.90. The van der Waals surface area contributed by atoms with Crippen LogP contribution >= 0.6 is 0 Å². The standard InChI is InChI=1S/C14H27N3O4/c1-10(15)16-9-7-6-8-14(5,11(18)19)17-12(20)21-13(2,3)4/h6-9H2,1-5H3,(H2,15,16)(H,17,20)(H,18,19). The summed E-state index contributed by atoms with van der Waals surface area (Å²) in [5, 5.41) is 11.7. The monoisotopic (exact) mass is 301 g/mol. The molecule has 21 heavy (non-hydrogen) atoms. The van der Waals surface area contributed by atoms with E-state index >= 15 is 0 Å². The summed E-state index contributed by atoms with van der Waals surface area (Å²) in [6.07, 6.45) is 0.868. The second-order valence-electron chi connectivity index (χ2n) is 6.24. The van der Waals surface area contributed by atoms with Gasteiger partial charge >= 0.3 is 12.1 Å². The van der Waals surface area contributed by atoms with E-state index < -0.39 is 23.2 Å². The lowest BCUT2D eigenvalue weighted by atomic mass is 9.95. The van der Waals surface area contributed by atoms with Crippen LogP contribution in [-0.4, -0.2) is 40.7 Å². The fourth-order valence-corrected chi connectivity index (χ4v) is 1.60. The minimum atomic E-state index is -1.36. The highest BCUT2D eigenvalue weighted by atomic mass is 16.6. The number of alkyl carbamates (subject to hydrolysis) is 1. The molecule has 0 aromatic heterocycles. The molecule has 4 N–H and O–H groups in total. The molecule has 0 saturated heterocycles. The third-order valence-corrected chi connectivity index (χ3v) is 2.69. The van der Waals surface area contributed by atoms with Gasteiger partial charge in [0.2, 0.25) is 0 Å². The summed E-state index contributed by atoms with van der Waals surface area (Å²) < 4.78 is 5.09. The number of aliphatic imine (C=N–C) groups is 1. The molecule has 0 aliphatic carbocycles. The number of aliphatic carboxylic acids is 1. The van der Waals surface area contributed by atoms with Crippen LogP contribution in [0.2, 0.25) is 0 Å². The molecule has 0 fully saturated rings. The SMILES string of the molecule is CC(N)=NCCCCC(C)(NC(=O)OC(C)(C)C)C(=O)O. The van der Waals surface area contributed by atoms with E-state index in [0.29, 0.717) is 31.6 Å². The van der Waals surface area contributed by atoms with Crippen LogP contribution in [0.25, 0.3) is 0 Å². The molecule has 0 radical (unpaired) electrons. The Bertz CT molecular complexity index is 398. The van der Waals surface area contributed by atoms with Gasteiger partial charge in [-0.05, 0) is 53.9 Å². The molecule has 0 aliphatic rings. The van der Waals surface area contributed by atoms with Crippen LogP contribution in [0, 0.1) is 0 Å². The van der Waals surface area contributed by atoms with Crippen LogP contribution in [0.4, 0.5) is 4.79 Å². The van der Waals surface area contributed by atoms with Crippen molar-refractivity contribution in [2.75, 3.05) is 6.54 Å². The molecule has 0 aromatic carbocycles. The summed E-state index contributed by atoms with van der Waals surface area (Å²) in [4.78, 5) is 27.1. The van der Waals surface area contributed by atoms with Crippen molar-refractivity contribution < 1.29 is 19.4 Å². The fourth-order valence-electron chi connectivity index (χ4n) is 1.60. The van der Waals surface area contributed by atoms with Gasteiger partial charge in [-0.1, -0.05) is 0 Å². The van der Waals surface area contributed by atoms with Crippen molar-refractivity contribution in [1.82, 2.24) is 5.32 Å². The number of carbonyl (C=O) groups excluding carboxylic acids is 1. The minimum absolute atomic E-state index is 0.292. The van der Waals surface area contributed by atoms with Gasteiger partial charge in [0.05, 0.1) is 5.84 Å². The van der Waals surface area contributed by atoms with Crippen molar-refractivity contribution in [3.8, 4) is 0 Å². The highest BCUT2D eigenvalue weighted by Gasteiger charge is 2.35. The Balaban J connectivity index is 4.46. The van der Waals surface area contributed by atoms with Crippen molar-refractivity contribution in [2.45, 2.75) is 65.0 Å². The van der Waals surface area contributed by atoms with Crippen molar-refractivity contribution in [3.05, 3.63) is 0 Å². The molecule has 0 aromatic rings. The van der Waals surface area contributed by atoms with Crippen LogP contribution in [-0.2, 0) is 9.53 Å². The number of hydrogen-bond acceptors (Lipinski definition) is 4. The maximum absolute atomic E-state index is 11.7. The van der Waals surface area contributed by atoms with Crippen LogP contribution < -0.4 is 11.1 Å². The first-order valence-electron chi connectivity index (χ1n) is 6.97.